The van der Waals surface area contributed by atoms with Crippen molar-refractivity contribution < 1.29 is 49.3 Å². The standard InChI is InChI=1S/C30H54N3O13PSSi2/c1-20-17-33(26(35)32(24(20)34)15-14-16-42-47(37,41-9)27(36)40-8)25-23(45-50(12,13)29(5,6)7)30(21(31)19-48(38,39)46-30)22(44-25)18-43-49(10,11)28(2,3)4/h17,19,22-23,25H,14-16,18,31H2,1-13H3. The number of nitrogens with two attached hydrogens (primary N) is 1. The topological polar surface area (TPSA) is 203 Å². The molecular weight excluding hydrogens is 730 g/mol. The van der Waals surface area contributed by atoms with Gasteiger partial charge in [-0.05, 0) is 49.6 Å². The van der Waals surface area contributed by atoms with Crippen molar-refractivity contribution in [1.29, 1.82) is 0 Å². The summed E-state index contributed by atoms with van der Waals surface area (Å²) in [5.74, 6) is 0. The lowest BCUT2D eigenvalue weighted by Gasteiger charge is -2.43. The Kier molecular flexibility index (Phi) is 12.3. The largest absolute Gasteiger partial charge is 0.460 e. The van der Waals surface area contributed by atoms with Crippen LogP contribution in [-0.4, -0.2) is 85.1 Å². The van der Waals surface area contributed by atoms with Crippen molar-refractivity contribution in [3.8, 4) is 0 Å². The van der Waals surface area contributed by atoms with Crippen LogP contribution in [-0.2, 0) is 52.8 Å². The van der Waals surface area contributed by atoms with Crippen molar-refractivity contribution in [3.63, 3.8) is 0 Å². The minimum Gasteiger partial charge on any atom is -0.460 e. The average Bonchev–Trinajstić information content (AvgIpc) is 3.41. The summed E-state index contributed by atoms with van der Waals surface area (Å²) in [7, 11) is -11.7. The number of aryl methyl sites for hydroxylation is 1. The van der Waals surface area contributed by atoms with Crippen LogP contribution in [0.2, 0.25) is 36.3 Å². The van der Waals surface area contributed by atoms with E-state index < -0.39 is 75.3 Å². The zero-order valence-electron chi connectivity index (χ0n) is 31.3. The summed E-state index contributed by atoms with van der Waals surface area (Å²) in [5.41, 5.74) is 2.05. The second kappa shape index (κ2) is 14.5. The molecule has 3 heterocycles. The van der Waals surface area contributed by atoms with Gasteiger partial charge in [-0.3, -0.25) is 13.9 Å². The molecule has 0 bridgehead atoms. The second-order valence-corrected chi connectivity index (χ2v) is 28.6. The number of hydrogen-bond acceptors (Lipinski definition) is 14. The molecule has 2 aliphatic rings. The molecule has 0 radical (unpaired) electrons. The molecule has 286 valence electrons. The van der Waals surface area contributed by atoms with Crippen LogP contribution in [0.5, 0.6) is 0 Å². The second-order valence-electron chi connectivity index (χ2n) is 15.6. The van der Waals surface area contributed by atoms with Crippen LogP contribution in [0.25, 0.3) is 0 Å². The van der Waals surface area contributed by atoms with Gasteiger partial charge in [-0.1, -0.05) is 41.5 Å². The van der Waals surface area contributed by atoms with Gasteiger partial charge in [-0.2, -0.15) is 8.42 Å². The highest BCUT2D eigenvalue weighted by atomic mass is 32.2. The molecule has 1 aromatic rings. The number of ether oxygens (including phenoxy) is 2. The molecule has 0 aliphatic carbocycles. The van der Waals surface area contributed by atoms with Gasteiger partial charge in [0.05, 0.1) is 31.4 Å². The van der Waals surface area contributed by atoms with Crippen LogP contribution < -0.4 is 17.0 Å². The molecule has 2 aliphatic heterocycles. The maximum atomic E-state index is 14.2. The predicted octanol–water partition coefficient (Wildman–Crippen LogP) is 4.54. The van der Waals surface area contributed by atoms with Gasteiger partial charge in [-0.15, -0.1) is 0 Å². The summed E-state index contributed by atoms with van der Waals surface area (Å²) < 4.78 is 81.2. The first kappa shape index (κ1) is 42.5. The Morgan fingerprint density at radius 1 is 1.06 bits per heavy atom. The molecule has 1 spiro atoms. The highest BCUT2D eigenvalue weighted by Crippen LogP contribution is 2.52. The summed E-state index contributed by atoms with van der Waals surface area (Å²) in [6.07, 6.45) is -2.44. The van der Waals surface area contributed by atoms with E-state index in [2.05, 4.69) is 25.5 Å². The number of aromatic nitrogens is 2. The molecule has 1 fully saturated rings. The minimum atomic E-state index is -4.30. The zero-order chi connectivity index (χ0) is 38.5. The first-order valence-corrected chi connectivity index (χ1v) is 25.1. The molecule has 3 rings (SSSR count). The van der Waals surface area contributed by atoms with Crippen molar-refractivity contribution in [2.24, 2.45) is 5.73 Å². The Balaban J connectivity index is 2.18. The molecule has 16 nitrogen and oxygen atoms in total. The third-order valence-electron chi connectivity index (χ3n) is 10.1. The third-order valence-corrected chi connectivity index (χ3v) is 21.8. The number of methoxy groups -OCH3 is 1. The average molecular weight is 784 g/mol. The van der Waals surface area contributed by atoms with Gasteiger partial charge in [0.1, 0.15) is 12.2 Å². The van der Waals surface area contributed by atoms with Crippen molar-refractivity contribution in [2.75, 3.05) is 27.4 Å². The smallest absolute Gasteiger partial charge is 0.438 e. The quantitative estimate of drug-likeness (QED) is 0.126. The van der Waals surface area contributed by atoms with Gasteiger partial charge >= 0.3 is 19.0 Å². The fourth-order valence-corrected chi connectivity index (χ4v) is 9.51. The van der Waals surface area contributed by atoms with Crippen LogP contribution in [0.1, 0.15) is 59.8 Å². The van der Waals surface area contributed by atoms with Gasteiger partial charge in [0.25, 0.3) is 15.7 Å². The first-order chi connectivity index (χ1) is 22.6. The molecule has 5 unspecified atom stereocenters. The number of nitrogens with zero attached hydrogens (tertiary/aromatic N) is 2. The molecule has 1 saturated heterocycles. The normalized spacial score (nSPS) is 25.5. The first-order valence-electron chi connectivity index (χ1n) is 16.2. The van der Waals surface area contributed by atoms with Gasteiger partial charge in [0, 0.05) is 25.4 Å². The van der Waals surface area contributed by atoms with Crippen LogP contribution in [0.3, 0.4) is 0 Å². The summed E-state index contributed by atoms with van der Waals surface area (Å²) in [6.45, 7) is 21.0. The maximum absolute atomic E-state index is 14.2. The van der Waals surface area contributed by atoms with E-state index in [1.165, 1.54) is 17.7 Å². The number of rotatable bonds is 13. The number of carbonyl (C=O) groups is 1. The number of carbonyl (C=O) groups excluding carboxylic acids is 1. The van der Waals surface area contributed by atoms with Gasteiger partial charge in [0.15, 0.2) is 28.5 Å². The van der Waals surface area contributed by atoms with Crippen LogP contribution in [0, 0.1) is 6.92 Å². The lowest BCUT2D eigenvalue weighted by Crippen LogP contribution is -2.59. The van der Waals surface area contributed by atoms with E-state index in [0.29, 0.717) is 0 Å². The monoisotopic (exact) mass is 783 g/mol. The summed E-state index contributed by atoms with van der Waals surface area (Å²) in [6, 6.07) is 0. The van der Waals surface area contributed by atoms with E-state index in [4.69, 9.17) is 32.6 Å². The highest BCUT2D eigenvalue weighted by molar-refractivity contribution is 7.90. The summed E-state index contributed by atoms with van der Waals surface area (Å²) in [5, 5.41) is 0.248. The molecule has 1 aromatic heterocycles. The SMILES string of the molecule is COC(=O)P(=O)(OC)OCCCn1c(=O)c(C)cn(C2OC(CO[Si](C)(C)C(C)(C)C)C3(OS(=O)(=O)C=C3N)C2O[Si](C)(C)C(C)(C)C)c1=O. The van der Waals surface area contributed by atoms with E-state index >= 15 is 0 Å². The van der Waals surface area contributed by atoms with Crippen molar-refractivity contribution in [2.45, 2.75) is 122 Å². The molecule has 0 amide bonds. The maximum Gasteiger partial charge on any atom is 0.438 e. The predicted molar refractivity (Wildman–Crippen MR) is 191 cm³/mol. The molecule has 0 saturated carbocycles. The Labute approximate surface area is 296 Å². The molecule has 50 heavy (non-hydrogen) atoms. The molecule has 5 atom stereocenters. The van der Waals surface area contributed by atoms with Gasteiger partial charge < -0.3 is 33.1 Å². The number of hydrogen-bond donors (Lipinski definition) is 1. The Morgan fingerprint density at radius 3 is 2.12 bits per heavy atom. The molecule has 0 aromatic carbocycles. The van der Waals surface area contributed by atoms with Crippen LogP contribution in [0.15, 0.2) is 26.9 Å². The van der Waals surface area contributed by atoms with E-state index in [1.54, 1.807) is 0 Å². The van der Waals surface area contributed by atoms with E-state index in [-0.39, 0.29) is 47.5 Å². The lowest BCUT2D eigenvalue weighted by molar-refractivity contribution is -0.0567. The Morgan fingerprint density at radius 2 is 1.64 bits per heavy atom. The lowest BCUT2D eigenvalue weighted by atomic mass is 9.89. The summed E-state index contributed by atoms with van der Waals surface area (Å²) >= 11 is 0. The third kappa shape index (κ3) is 8.16. The van der Waals surface area contributed by atoms with Gasteiger partial charge in [0.2, 0.25) is 0 Å². The highest BCUT2D eigenvalue weighted by Gasteiger charge is 2.67. The van der Waals surface area contributed by atoms with Gasteiger partial charge in [-0.25, -0.2) is 18.3 Å². The van der Waals surface area contributed by atoms with Crippen LogP contribution >= 0.6 is 7.60 Å². The Bertz CT molecular complexity index is 1760. The van der Waals surface area contributed by atoms with Crippen molar-refractivity contribution in [3.05, 3.63) is 43.7 Å². The van der Waals surface area contributed by atoms with E-state index in [9.17, 15) is 27.4 Å². The van der Waals surface area contributed by atoms with Crippen molar-refractivity contribution >= 4 is 40.1 Å². The fraction of sp³-hybridized carbons (Fsp3) is 0.767. The zero-order valence-corrected chi connectivity index (χ0v) is 35.1. The fourth-order valence-electron chi connectivity index (χ4n) is 5.05. The van der Waals surface area contributed by atoms with E-state index in [0.717, 1.165) is 24.2 Å². The minimum absolute atomic E-state index is 0.0255. The molecule has 2 N–H and O–H groups in total. The Hall–Kier alpha value is -1.94. The van der Waals surface area contributed by atoms with E-state index in [1.807, 2.05) is 47.0 Å². The molecule has 20 heteroatoms. The van der Waals surface area contributed by atoms with Crippen molar-refractivity contribution in [1.82, 2.24) is 9.13 Å². The summed E-state index contributed by atoms with van der Waals surface area (Å²) in [4.78, 5) is 39.4. The molecular formula is C30H54N3O13PSSi2. The van der Waals surface area contributed by atoms with Crippen LogP contribution in [0.4, 0.5) is 4.79 Å².